The number of carbonyl (C=O) groups excluding carboxylic acids is 1. The number of nitrogens with two attached hydrogens (primary N) is 1. The normalized spacial score (nSPS) is 24.8. The molecule has 4 N–H and O–H groups in total. The van der Waals surface area contributed by atoms with Crippen LogP contribution in [-0.4, -0.2) is 70.0 Å². The van der Waals surface area contributed by atoms with Gasteiger partial charge in [0.15, 0.2) is 6.33 Å². The highest BCUT2D eigenvalue weighted by Gasteiger charge is 2.46. The number of aromatic amines is 1. The number of amides is 1. The number of rotatable bonds is 6. The number of nitrogen functional groups attached to an aromatic ring is 1. The van der Waals surface area contributed by atoms with E-state index in [2.05, 4.69) is 9.97 Å². The summed E-state index contributed by atoms with van der Waals surface area (Å²) in [7, 11) is 4.97. The first kappa shape index (κ1) is 20.2. The Kier molecular flexibility index (Phi) is 5.68. The molecule has 3 heterocycles. The van der Waals surface area contributed by atoms with Crippen molar-refractivity contribution in [3.8, 4) is 0 Å². The second-order valence-corrected chi connectivity index (χ2v) is 7.16. The Morgan fingerprint density at radius 3 is 2.96 bits per heavy atom. The van der Waals surface area contributed by atoms with E-state index in [-0.39, 0.29) is 29.9 Å². The quantitative estimate of drug-likeness (QED) is 0.507. The summed E-state index contributed by atoms with van der Waals surface area (Å²) in [5.74, 6) is -0.520. The van der Waals surface area contributed by atoms with Gasteiger partial charge in [-0.05, 0) is 6.92 Å². The van der Waals surface area contributed by atoms with E-state index < -0.39 is 18.2 Å². The third-order valence-corrected chi connectivity index (χ3v) is 5.22. The molecule has 4 atom stereocenters. The largest absolute Gasteiger partial charge is 0.386 e. The summed E-state index contributed by atoms with van der Waals surface area (Å²) in [4.78, 5) is 32.9. The fraction of sp³-hybridized carbons (Fsp3) is 0.647. The van der Waals surface area contributed by atoms with Crippen LogP contribution in [0, 0.1) is 5.92 Å². The summed E-state index contributed by atoms with van der Waals surface area (Å²) in [6.45, 7) is 2.73. The fourth-order valence-electron chi connectivity index (χ4n) is 3.57. The summed E-state index contributed by atoms with van der Waals surface area (Å²) in [5.41, 5.74) is 5.92. The molecule has 2 aromatic heterocycles. The lowest BCUT2D eigenvalue weighted by molar-refractivity contribution is -0.745. The molecule has 154 valence electrons. The van der Waals surface area contributed by atoms with Gasteiger partial charge >= 0.3 is 5.65 Å². The zero-order valence-electron chi connectivity index (χ0n) is 16.5. The monoisotopic (exact) mass is 395 g/mol. The number of methoxy groups -OCH3 is 1. The summed E-state index contributed by atoms with van der Waals surface area (Å²) in [6, 6.07) is 0. The van der Waals surface area contributed by atoms with Gasteiger partial charge in [0.25, 0.3) is 11.5 Å². The minimum Gasteiger partial charge on any atom is -0.386 e. The smallest absolute Gasteiger partial charge is 0.313 e. The van der Waals surface area contributed by atoms with Gasteiger partial charge < -0.3 is 25.2 Å². The van der Waals surface area contributed by atoms with Crippen LogP contribution in [0.4, 0.5) is 5.95 Å². The van der Waals surface area contributed by atoms with Gasteiger partial charge in [-0.1, -0.05) is 4.98 Å². The van der Waals surface area contributed by atoms with E-state index in [1.165, 1.54) is 0 Å². The molecule has 1 saturated heterocycles. The molecule has 0 aromatic carbocycles. The maximum atomic E-state index is 12.5. The molecule has 2 aromatic rings. The lowest BCUT2D eigenvalue weighted by Crippen LogP contribution is -2.45. The molecule has 1 aliphatic heterocycles. The van der Waals surface area contributed by atoms with Gasteiger partial charge in [0.2, 0.25) is 17.7 Å². The molecule has 1 fully saturated rings. The molecule has 0 saturated carbocycles. The van der Waals surface area contributed by atoms with E-state index in [9.17, 15) is 14.7 Å². The zero-order chi connectivity index (χ0) is 20.6. The maximum Gasteiger partial charge on any atom is 0.313 e. The van der Waals surface area contributed by atoms with Gasteiger partial charge in [0.1, 0.15) is 6.10 Å². The third-order valence-electron chi connectivity index (χ3n) is 5.22. The van der Waals surface area contributed by atoms with Crippen molar-refractivity contribution in [1.82, 2.24) is 19.4 Å². The first-order valence-electron chi connectivity index (χ1n) is 9.07. The van der Waals surface area contributed by atoms with Gasteiger partial charge in [-0.15, -0.1) is 0 Å². The molecular formula is C17H27N6O5+. The van der Waals surface area contributed by atoms with Crippen LogP contribution in [-0.2, 0) is 21.3 Å². The summed E-state index contributed by atoms with van der Waals surface area (Å²) >= 11 is 0. The van der Waals surface area contributed by atoms with Crippen LogP contribution >= 0.6 is 0 Å². The summed E-state index contributed by atoms with van der Waals surface area (Å²) in [6.07, 6.45) is -0.327. The molecule has 0 radical (unpaired) electrons. The molecule has 28 heavy (non-hydrogen) atoms. The molecule has 1 aliphatic rings. The molecule has 11 heteroatoms. The second kappa shape index (κ2) is 7.86. The first-order chi connectivity index (χ1) is 13.2. The van der Waals surface area contributed by atoms with Crippen molar-refractivity contribution >= 4 is 23.0 Å². The molecule has 0 aliphatic carbocycles. The van der Waals surface area contributed by atoms with Crippen LogP contribution in [0.5, 0.6) is 0 Å². The first-order valence-corrected chi connectivity index (χ1v) is 9.07. The summed E-state index contributed by atoms with van der Waals surface area (Å²) < 4.78 is 14.1. The fourth-order valence-corrected chi connectivity index (χ4v) is 3.57. The zero-order valence-corrected chi connectivity index (χ0v) is 16.5. The number of aliphatic hydroxyl groups excluding tert-OH is 1. The molecular weight excluding hydrogens is 368 g/mol. The highest BCUT2D eigenvalue weighted by atomic mass is 16.5. The van der Waals surface area contributed by atoms with Crippen molar-refractivity contribution in [3.05, 3.63) is 16.7 Å². The maximum absolute atomic E-state index is 12.5. The molecule has 11 nitrogen and oxygen atoms in total. The number of carbonyl (C=O) groups is 1. The summed E-state index contributed by atoms with van der Waals surface area (Å²) in [5, 5.41) is 10.9. The van der Waals surface area contributed by atoms with E-state index in [0.29, 0.717) is 24.3 Å². The Morgan fingerprint density at radius 2 is 2.29 bits per heavy atom. The average Bonchev–Trinajstić information content (AvgIpc) is 3.10. The van der Waals surface area contributed by atoms with Crippen molar-refractivity contribution in [2.75, 3.05) is 33.0 Å². The van der Waals surface area contributed by atoms with Gasteiger partial charge in [-0.2, -0.15) is 0 Å². The minimum absolute atomic E-state index is 0.0236. The van der Waals surface area contributed by atoms with Gasteiger partial charge in [-0.25, -0.2) is 4.57 Å². The minimum atomic E-state index is -0.951. The van der Waals surface area contributed by atoms with Crippen LogP contribution in [0.3, 0.4) is 0 Å². The number of anilines is 1. The molecule has 0 spiro atoms. The molecule has 1 amide bonds. The number of ether oxygens (including phenoxy) is 2. The van der Waals surface area contributed by atoms with E-state index in [0.717, 1.165) is 0 Å². The molecule has 3 rings (SSSR count). The Balaban J connectivity index is 1.85. The number of fused-ring (bicyclic) bond motifs is 1. The average molecular weight is 395 g/mol. The van der Waals surface area contributed by atoms with Crippen LogP contribution < -0.4 is 15.9 Å². The Morgan fingerprint density at radius 1 is 1.57 bits per heavy atom. The van der Waals surface area contributed by atoms with Crippen molar-refractivity contribution in [1.29, 1.82) is 0 Å². The van der Waals surface area contributed by atoms with Crippen LogP contribution in [0.25, 0.3) is 11.2 Å². The predicted octanol–water partition coefficient (Wildman–Crippen LogP) is -1.48. The highest BCUT2D eigenvalue weighted by molar-refractivity contribution is 5.76. The number of aliphatic hydroxyl groups is 1. The lowest BCUT2D eigenvalue weighted by atomic mass is 9.94. The number of imidazole rings is 1. The number of hydrogen-bond acceptors (Lipinski definition) is 7. The van der Waals surface area contributed by atoms with Crippen molar-refractivity contribution in [2.24, 2.45) is 13.0 Å². The van der Waals surface area contributed by atoms with Crippen molar-refractivity contribution in [3.63, 3.8) is 0 Å². The van der Waals surface area contributed by atoms with Crippen LogP contribution in [0.15, 0.2) is 11.1 Å². The number of aromatic nitrogens is 4. The number of hydrogen-bond donors (Lipinski definition) is 3. The highest BCUT2D eigenvalue weighted by Crippen LogP contribution is 2.33. The number of likely N-dealkylation sites (N-methyl/N-ethyl adjacent to an activating group) is 1. The Labute approximate surface area is 161 Å². The van der Waals surface area contributed by atoms with Gasteiger partial charge in [0.05, 0.1) is 19.8 Å². The number of H-pyrrole nitrogens is 1. The SMILES string of the molecule is COCCN(C)C(=O)C[C@@H]1[C@@H](C)OC([n+]2cn(C)c3c(=O)[nH]c(N)nc32)[C@@H]1O. The topological polar surface area (TPSA) is 140 Å². The number of aryl methyl sites for hydroxylation is 1. The van der Waals surface area contributed by atoms with E-state index in [4.69, 9.17) is 15.2 Å². The predicted molar refractivity (Wildman–Crippen MR) is 99.2 cm³/mol. The Bertz CT molecular complexity index is 925. The number of nitrogens with one attached hydrogen (secondary N) is 1. The van der Waals surface area contributed by atoms with Crippen molar-refractivity contribution in [2.45, 2.75) is 31.8 Å². The van der Waals surface area contributed by atoms with Gasteiger partial charge in [-0.3, -0.25) is 19.1 Å². The third kappa shape index (κ3) is 3.60. The number of nitrogens with zero attached hydrogens (tertiary/aromatic N) is 4. The Hall–Kier alpha value is -2.50. The van der Waals surface area contributed by atoms with E-state index in [1.54, 1.807) is 41.6 Å². The van der Waals surface area contributed by atoms with Crippen LogP contribution in [0.2, 0.25) is 0 Å². The van der Waals surface area contributed by atoms with E-state index >= 15 is 0 Å². The van der Waals surface area contributed by atoms with Gasteiger partial charge in [0, 0.05) is 33.0 Å². The second-order valence-electron chi connectivity index (χ2n) is 7.16. The molecule has 0 bridgehead atoms. The van der Waals surface area contributed by atoms with E-state index in [1.807, 2.05) is 6.92 Å². The molecule has 1 unspecified atom stereocenters. The standard InChI is InChI=1S/C17H26N6O5/c1-9-10(7-11(24)21(2)5-6-27-4)13(25)16(28-9)23-8-22(3)12-14(23)19-17(18)20-15(12)26/h8-10,13,16,25H,5-7H2,1-4H3,(H2-,18,19,20,26)/p+1/t9-,10-,13-,16?/m1/s1. The van der Waals surface area contributed by atoms with Crippen molar-refractivity contribution < 1.29 is 23.9 Å². The lowest BCUT2D eigenvalue weighted by Gasteiger charge is -2.21. The van der Waals surface area contributed by atoms with Crippen LogP contribution in [0.1, 0.15) is 19.6 Å².